The summed E-state index contributed by atoms with van der Waals surface area (Å²) in [5.74, 6) is 1.79. The van der Waals surface area contributed by atoms with Crippen molar-refractivity contribution >= 4 is 34.8 Å². The lowest BCUT2D eigenvalue weighted by Crippen LogP contribution is -2.55. The van der Waals surface area contributed by atoms with E-state index >= 15 is 0 Å². The molecule has 0 spiro atoms. The maximum atomic E-state index is 13.2. The maximum Gasteiger partial charge on any atom is 0.236 e. The van der Waals surface area contributed by atoms with E-state index < -0.39 is 0 Å². The second-order valence-corrected chi connectivity index (χ2v) is 10.2. The van der Waals surface area contributed by atoms with Gasteiger partial charge in [0.15, 0.2) is 0 Å². The third kappa shape index (κ3) is 4.68. The van der Waals surface area contributed by atoms with E-state index in [0.29, 0.717) is 41.6 Å². The zero-order chi connectivity index (χ0) is 22.9. The minimum absolute atomic E-state index is 0.240. The Balaban J connectivity index is 1.21. The van der Waals surface area contributed by atoms with Crippen LogP contribution in [0.3, 0.4) is 0 Å². The normalized spacial score (nSPS) is 23.1. The van der Waals surface area contributed by atoms with Gasteiger partial charge < -0.3 is 14.5 Å². The van der Waals surface area contributed by atoms with Crippen molar-refractivity contribution in [2.24, 2.45) is 5.92 Å². The number of likely N-dealkylation sites (tertiary alicyclic amines) is 1. The Kier molecular flexibility index (Phi) is 6.73. The van der Waals surface area contributed by atoms with Crippen molar-refractivity contribution in [3.8, 4) is 5.75 Å². The van der Waals surface area contributed by atoms with Crippen molar-refractivity contribution in [2.45, 2.75) is 31.7 Å². The molecule has 0 aromatic heterocycles. The summed E-state index contributed by atoms with van der Waals surface area (Å²) in [7, 11) is 1.72. The highest BCUT2D eigenvalue weighted by atomic mass is 35.5. The minimum Gasteiger partial charge on any atom is -0.497 e. The third-order valence-corrected chi connectivity index (χ3v) is 8.41. The Labute approximate surface area is 206 Å². The molecule has 1 amide bonds. The number of rotatable bonds is 4. The van der Waals surface area contributed by atoms with Gasteiger partial charge in [0.25, 0.3) is 0 Å². The topological polar surface area (TPSA) is 36.0 Å². The van der Waals surface area contributed by atoms with Crippen LogP contribution in [0.25, 0.3) is 0 Å². The summed E-state index contributed by atoms with van der Waals surface area (Å²) in [5, 5.41) is 1.16. The third-order valence-electron chi connectivity index (χ3n) is 7.60. The molecule has 0 unspecified atom stereocenters. The number of piperazine rings is 1. The summed E-state index contributed by atoms with van der Waals surface area (Å²) in [6.45, 7) is 4.48. The first kappa shape index (κ1) is 22.8. The highest BCUT2D eigenvalue weighted by molar-refractivity contribution is 6.43. The molecule has 0 bridgehead atoms. The molecule has 33 heavy (non-hydrogen) atoms. The first-order valence-electron chi connectivity index (χ1n) is 11.9. The predicted octanol–water partition coefficient (Wildman–Crippen LogP) is 4.53. The molecule has 0 saturated carbocycles. The molecular formula is C26H31Cl2N3O2. The van der Waals surface area contributed by atoms with Crippen LogP contribution in [-0.2, 0) is 17.6 Å². The average Bonchev–Trinajstić information content (AvgIpc) is 2.84. The number of hydrogen-bond acceptors (Lipinski definition) is 4. The fourth-order valence-corrected chi connectivity index (χ4v) is 6.19. The second-order valence-electron chi connectivity index (χ2n) is 9.42. The molecule has 176 valence electrons. The smallest absolute Gasteiger partial charge is 0.236 e. The Morgan fingerprint density at radius 1 is 1.03 bits per heavy atom. The first-order valence-corrected chi connectivity index (χ1v) is 12.7. The lowest BCUT2D eigenvalue weighted by atomic mass is 9.75. The van der Waals surface area contributed by atoms with E-state index in [1.165, 1.54) is 24.0 Å². The second kappa shape index (κ2) is 9.73. The van der Waals surface area contributed by atoms with Crippen molar-refractivity contribution < 1.29 is 9.53 Å². The summed E-state index contributed by atoms with van der Waals surface area (Å²) in [4.78, 5) is 19.9. The van der Waals surface area contributed by atoms with E-state index in [2.05, 4.69) is 28.0 Å². The monoisotopic (exact) mass is 487 g/mol. The van der Waals surface area contributed by atoms with Gasteiger partial charge in [-0.1, -0.05) is 35.3 Å². The number of amides is 1. The highest BCUT2D eigenvalue weighted by Crippen LogP contribution is 2.37. The number of carbonyl (C=O) groups excluding carboxylic acids is 1. The van der Waals surface area contributed by atoms with Gasteiger partial charge in [-0.2, -0.15) is 0 Å². The molecule has 2 atom stereocenters. The van der Waals surface area contributed by atoms with Gasteiger partial charge in [0.05, 0.1) is 29.4 Å². The van der Waals surface area contributed by atoms with Gasteiger partial charge >= 0.3 is 0 Å². The fraction of sp³-hybridized carbons (Fsp3) is 0.500. The van der Waals surface area contributed by atoms with Gasteiger partial charge in [-0.25, -0.2) is 0 Å². The molecule has 2 aromatic carbocycles. The fourth-order valence-electron chi connectivity index (χ4n) is 5.78. The molecule has 7 heteroatoms. The van der Waals surface area contributed by atoms with E-state index in [4.69, 9.17) is 27.9 Å². The molecule has 2 aliphatic heterocycles. The van der Waals surface area contributed by atoms with Crippen LogP contribution in [0.4, 0.5) is 5.69 Å². The van der Waals surface area contributed by atoms with Crippen LogP contribution in [-0.4, -0.2) is 68.1 Å². The lowest BCUT2D eigenvalue weighted by Gasteiger charge is -2.45. The van der Waals surface area contributed by atoms with Crippen molar-refractivity contribution in [1.82, 2.24) is 9.80 Å². The number of piperidine rings is 1. The van der Waals surface area contributed by atoms with Crippen molar-refractivity contribution in [2.75, 3.05) is 51.3 Å². The Morgan fingerprint density at radius 2 is 1.85 bits per heavy atom. The van der Waals surface area contributed by atoms with Gasteiger partial charge in [-0.15, -0.1) is 0 Å². The van der Waals surface area contributed by atoms with Gasteiger partial charge in [0.2, 0.25) is 5.91 Å². The number of anilines is 1. The zero-order valence-corrected chi connectivity index (χ0v) is 20.6. The van der Waals surface area contributed by atoms with E-state index in [-0.39, 0.29) is 5.91 Å². The number of carbonyl (C=O) groups is 1. The van der Waals surface area contributed by atoms with E-state index in [1.54, 1.807) is 13.2 Å². The van der Waals surface area contributed by atoms with Crippen LogP contribution in [0.5, 0.6) is 5.75 Å². The van der Waals surface area contributed by atoms with Gasteiger partial charge in [-0.3, -0.25) is 9.69 Å². The molecule has 0 radical (unpaired) electrons. The summed E-state index contributed by atoms with van der Waals surface area (Å²) < 4.78 is 5.45. The minimum atomic E-state index is 0.240. The van der Waals surface area contributed by atoms with E-state index in [9.17, 15) is 4.79 Å². The SMILES string of the molecule is COc1ccc2c(c1)C[C@H]1[C@@H](CCCN1CC(=O)N1CCN(c3cccc(Cl)c3Cl)CC1)C2. The molecule has 5 nitrogen and oxygen atoms in total. The molecule has 3 aliphatic rings. The van der Waals surface area contributed by atoms with Crippen molar-refractivity contribution in [3.05, 3.63) is 57.6 Å². The Hall–Kier alpha value is -1.95. The average molecular weight is 488 g/mol. The highest BCUT2D eigenvalue weighted by Gasteiger charge is 2.37. The Morgan fingerprint density at radius 3 is 2.64 bits per heavy atom. The summed E-state index contributed by atoms with van der Waals surface area (Å²) in [6, 6.07) is 12.6. The number of methoxy groups -OCH3 is 1. The molecule has 0 N–H and O–H groups in total. The molecule has 1 aliphatic carbocycles. The number of nitrogens with zero attached hydrogens (tertiary/aromatic N) is 3. The van der Waals surface area contributed by atoms with Crippen LogP contribution in [0.2, 0.25) is 10.0 Å². The molecular weight excluding hydrogens is 457 g/mol. The summed E-state index contributed by atoms with van der Waals surface area (Å²) >= 11 is 12.6. The number of fused-ring (bicyclic) bond motifs is 2. The Bertz CT molecular complexity index is 1020. The first-order chi connectivity index (χ1) is 16.0. The molecule has 5 rings (SSSR count). The summed E-state index contributed by atoms with van der Waals surface area (Å²) in [5.41, 5.74) is 3.77. The van der Waals surface area contributed by atoms with Crippen LogP contribution >= 0.6 is 23.2 Å². The van der Waals surface area contributed by atoms with Crippen LogP contribution in [0.1, 0.15) is 24.0 Å². The van der Waals surface area contributed by atoms with Crippen LogP contribution in [0, 0.1) is 5.92 Å². The molecule has 2 heterocycles. The largest absolute Gasteiger partial charge is 0.497 e. The number of ether oxygens (including phenoxy) is 1. The molecule has 2 saturated heterocycles. The molecule has 2 aromatic rings. The number of hydrogen-bond donors (Lipinski definition) is 0. The van der Waals surface area contributed by atoms with E-state index in [0.717, 1.165) is 43.9 Å². The van der Waals surface area contributed by atoms with Crippen LogP contribution in [0.15, 0.2) is 36.4 Å². The van der Waals surface area contributed by atoms with Gasteiger partial charge in [0, 0.05) is 32.2 Å². The molecule has 2 fully saturated rings. The standard InChI is InChI=1S/C26H31Cl2N3O2/c1-33-21-8-7-18-14-19-4-3-9-31(24(19)16-20(18)15-21)17-25(32)30-12-10-29(11-13-30)23-6-2-5-22(27)26(23)28/h2,5-8,15,19,24H,3-4,9-14,16-17H2,1H3/t19-,24-/m0/s1. The zero-order valence-electron chi connectivity index (χ0n) is 19.1. The van der Waals surface area contributed by atoms with Gasteiger partial charge in [-0.05, 0) is 73.5 Å². The maximum absolute atomic E-state index is 13.2. The number of halogens is 2. The summed E-state index contributed by atoms with van der Waals surface area (Å²) in [6.07, 6.45) is 4.53. The number of benzene rings is 2. The lowest BCUT2D eigenvalue weighted by molar-refractivity contribution is -0.134. The van der Waals surface area contributed by atoms with Gasteiger partial charge in [0.1, 0.15) is 5.75 Å². The quantitative estimate of drug-likeness (QED) is 0.634. The van der Waals surface area contributed by atoms with Crippen molar-refractivity contribution in [1.29, 1.82) is 0 Å². The van der Waals surface area contributed by atoms with Crippen LogP contribution < -0.4 is 9.64 Å². The van der Waals surface area contributed by atoms with E-state index in [1.807, 2.05) is 17.0 Å². The van der Waals surface area contributed by atoms with Crippen molar-refractivity contribution in [3.63, 3.8) is 0 Å². The predicted molar refractivity (Wildman–Crippen MR) is 134 cm³/mol.